The van der Waals surface area contributed by atoms with Gasteiger partial charge in [-0.1, -0.05) is 23.7 Å². The molecule has 182 valence electrons. The van der Waals surface area contributed by atoms with E-state index in [2.05, 4.69) is 10.6 Å². The molecular weight excluding hydrogens is 473 g/mol. The number of rotatable bonds is 7. The average molecular weight is 497 g/mol. The monoisotopic (exact) mass is 496 g/mol. The quantitative estimate of drug-likeness (QED) is 0.570. The number of carbonyl (C=O) groups is 3. The van der Waals surface area contributed by atoms with Crippen LogP contribution in [0.2, 0.25) is 5.02 Å². The predicted molar refractivity (Wildman–Crippen MR) is 123 cm³/mol. The molecule has 2 amide bonds. The number of benzene rings is 2. The van der Waals surface area contributed by atoms with Crippen molar-refractivity contribution in [1.29, 1.82) is 0 Å². The summed E-state index contributed by atoms with van der Waals surface area (Å²) in [5.74, 6) is -0.832. The molecule has 0 bridgehead atoms. The standard InChI is InChI=1S/C23H24ClF3N4O3/c1-15(32)17-4-2-3-5-20(17)29-22(34)14-31-10-8-30(9-11-31)13-21(33)28-16-6-7-19(24)18(12-16)23(25,26)27/h2-7,12H,8-11,13-14H2,1H3,(H,28,33)(H,29,34). The van der Waals surface area contributed by atoms with Crippen molar-refractivity contribution in [2.45, 2.75) is 13.1 Å². The van der Waals surface area contributed by atoms with Crippen LogP contribution < -0.4 is 10.6 Å². The molecule has 0 spiro atoms. The van der Waals surface area contributed by atoms with Gasteiger partial charge in [0.2, 0.25) is 11.8 Å². The van der Waals surface area contributed by atoms with Crippen molar-refractivity contribution in [3.8, 4) is 0 Å². The number of nitrogens with one attached hydrogen (secondary N) is 2. The molecule has 2 N–H and O–H groups in total. The summed E-state index contributed by atoms with van der Waals surface area (Å²) < 4.78 is 39.0. The van der Waals surface area contributed by atoms with Crippen molar-refractivity contribution in [3.63, 3.8) is 0 Å². The molecule has 0 unspecified atom stereocenters. The first kappa shape index (κ1) is 25.7. The third kappa shape index (κ3) is 7.02. The van der Waals surface area contributed by atoms with E-state index in [1.54, 1.807) is 24.3 Å². The SMILES string of the molecule is CC(=O)c1ccccc1NC(=O)CN1CCN(CC(=O)Nc2ccc(Cl)c(C(F)(F)F)c2)CC1. The topological polar surface area (TPSA) is 81.8 Å². The number of hydrogen-bond donors (Lipinski definition) is 2. The van der Waals surface area contributed by atoms with Crippen LogP contribution in [-0.4, -0.2) is 66.7 Å². The van der Waals surface area contributed by atoms with Crippen molar-refractivity contribution in [1.82, 2.24) is 9.80 Å². The van der Waals surface area contributed by atoms with Gasteiger partial charge in [0.1, 0.15) is 0 Å². The molecule has 1 saturated heterocycles. The molecule has 34 heavy (non-hydrogen) atoms. The number of nitrogens with zero attached hydrogens (tertiary/aromatic N) is 2. The van der Waals surface area contributed by atoms with E-state index < -0.39 is 22.7 Å². The summed E-state index contributed by atoms with van der Waals surface area (Å²) in [6.45, 7) is 3.68. The zero-order chi connectivity index (χ0) is 24.9. The highest BCUT2D eigenvalue weighted by molar-refractivity contribution is 6.31. The van der Waals surface area contributed by atoms with Crippen LogP contribution in [0.15, 0.2) is 42.5 Å². The van der Waals surface area contributed by atoms with Gasteiger partial charge in [0.25, 0.3) is 0 Å². The molecule has 1 heterocycles. The summed E-state index contributed by atoms with van der Waals surface area (Å²) in [7, 11) is 0. The fourth-order valence-electron chi connectivity index (χ4n) is 3.62. The van der Waals surface area contributed by atoms with Gasteiger partial charge in [-0.2, -0.15) is 13.2 Å². The zero-order valence-electron chi connectivity index (χ0n) is 18.4. The van der Waals surface area contributed by atoms with Gasteiger partial charge in [-0.15, -0.1) is 0 Å². The Kier molecular flexibility index (Phi) is 8.29. The number of anilines is 2. The third-order valence-electron chi connectivity index (χ3n) is 5.34. The number of para-hydroxylation sites is 1. The van der Waals surface area contributed by atoms with Crippen LogP contribution in [0.1, 0.15) is 22.8 Å². The minimum atomic E-state index is -4.62. The Morgan fingerprint density at radius 3 is 2.03 bits per heavy atom. The lowest BCUT2D eigenvalue weighted by atomic mass is 10.1. The largest absolute Gasteiger partial charge is 0.417 e. The number of piperazine rings is 1. The summed E-state index contributed by atoms with van der Waals surface area (Å²) in [5.41, 5.74) is -0.0893. The molecule has 1 aliphatic heterocycles. The second-order valence-corrected chi connectivity index (χ2v) is 8.35. The molecule has 7 nitrogen and oxygen atoms in total. The van der Waals surface area contributed by atoms with E-state index in [0.717, 1.165) is 12.1 Å². The van der Waals surface area contributed by atoms with Crippen LogP contribution >= 0.6 is 11.6 Å². The average Bonchev–Trinajstić information content (AvgIpc) is 2.76. The van der Waals surface area contributed by atoms with E-state index >= 15 is 0 Å². The van der Waals surface area contributed by atoms with Gasteiger partial charge < -0.3 is 10.6 Å². The van der Waals surface area contributed by atoms with E-state index in [-0.39, 0.29) is 30.5 Å². The lowest BCUT2D eigenvalue weighted by Gasteiger charge is -2.33. The number of hydrogen-bond acceptors (Lipinski definition) is 5. The van der Waals surface area contributed by atoms with Gasteiger partial charge in [0.05, 0.1) is 29.4 Å². The molecular formula is C23H24ClF3N4O3. The van der Waals surface area contributed by atoms with Gasteiger partial charge in [-0.25, -0.2) is 0 Å². The number of Topliss-reactive ketones (excluding diaryl/α,β-unsaturated/α-hetero) is 1. The van der Waals surface area contributed by atoms with Gasteiger partial charge in [-0.3, -0.25) is 24.2 Å². The van der Waals surface area contributed by atoms with Crippen molar-refractivity contribution in [3.05, 3.63) is 58.6 Å². The van der Waals surface area contributed by atoms with E-state index in [4.69, 9.17) is 11.6 Å². The fraction of sp³-hybridized carbons (Fsp3) is 0.348. The highest BCUT2D eigenvalue weighted by Gasteiger charge is 2.33. The highest BCUT2D eigenvalue weighted by atomic mass is 35.5. The first-order valence-electron chi connectivity index (χ1n) is 10.5. The Morgan fingerprint density at radius 2 is 1.47 bits per heavy atom. The number of carbonyl (C=O) groups excluding carboxylic acids is 3. The molecule has 11 heteroatoms. The normalized spacial score (nSPS) is 15.1. The number of halogens is 4. The van der Waals surface area contributed by atoms with E-state index in [0.29, 0.717) is 37.4 Å². The van der Waals surface area contributed by atoms with Gasteiger partial charge >= 0.3 is 6.18 Å². The number of ketones is 1. The molecule has 0 atom stereocenters. The molecule has 2 aromatic carbocycles. The summed E-state index contributed by atoms with van der Waals surface area (Å²) >= 11 is 5.60. The maximum absolute atomic E-state index is 13.0. The lowest BCUT2D eigenvalue weighted by molar-refractivity contribution is -0.137. The summed E-state index contributed by atoms with van der Waals surface area (Å²) in [5, 5.41) is 4.80. The van der Waals surface area contributed by atoms with Gasteiger partial charge in [-0.05, 0) is 37.3 Å². The van der Waals surface area contributed by atoms with Gasteiger partial charge in [0.15, 0.2) is 5.78 Å². The van der Waals surface area contributed by atoms with Crippen LogP contribution in [-0.2, 0) is 15.8 Å². The van der Waals surface area contributed by atoms with E-state index in [1.807, 2.05) is 9.80 Å². The Balaban J connectivity index is 1.46. The second kappa shape index (κ2) is 11.0. The lowest BCUT2D eigenvalue weighted by Crippen LogP contribution is -2.50. The summed E-state index contributed by atoms with van der Waals surface area (Å²) in [6.07, 6.45) is -4.62. The van der Waals surface area contributed by atoms with Crippen LogP contribution in [0.5, 0.6) is 0 Å². The molecule has 0 aromatic heterocycles. The predicted octanol–water partition coefficient (Wildman–Crippen LogP) is 3.76. The van der Waals surface area contributed by atoms with Crippen molar-refractivity contribution in [2.24, 2.45) is 0 Å². The number of amides is 2. The highest BCUT2D eigenvalue weighted by Crippen LogP contribution is 2.36. The molecule has 1 fully saturated rings. The van der Waals surface area contributed by atoms with Crippen LogP contribution in [0.4, 0.5) is 24.5 Å². The van der Waals surface area contributed by atoms with Crippen molar-refractivity contribution < 1.29 is 27.6 Å². The first-order valence-corrected chi connectivity index (χ1v) is 10.9. The van der Waals surface area contributed by atoms with Crippen LogP contribution in [0.3, 0.4) is 0 Å². The van der Waals surface area contributed by atoms with Gasteiger partial charge in [0, 0.05) is 37.4 Å². The Labute approximate surface area is 199 Å². The molecule has 1 aliphatic rings. The van der Waals surface area contributed by atoms with Crippen molar-refractivity contribution >= 4 is 40.6 Å². The Bertz CT molecular complexity index is 1070. The Hall–Kier alpha value is -2.95. The van der Waals surface area contributed by atoms with Crippen LogP contribution in [0.25, 0.3) is 0 Å². The third-order valence-corrected chi connectivity index (χ3v) is 5.66. The molecule has 3 rings (SSSR count). The minimum absolute atomic E-state index is 0.00992. The van der Waals surface area contributed by atoms with E-state index in [1.165, 1.54) is 13.0 Å². The number of alkyl halides is 3. The first-order chi connectivity index (χ1) is 16.0. The summed E-state index contributed by atoms with van der Waals surface area (Å²) in [6, 6.07) is 10.00. The van der Waals surface area contributed by atoms with Crippen molar-refractivity contribution in [2.75, 3.05) is 49.9 Å². The maximum Gasteiger partial charge on any atom is 0.417 e. The fourth-order valence-corrected chi connectivity index (χ4v) is 3.85. The zero-order valence-corrected chi connectivity index (χ0v) is 19.2. The molecule has 0 saturated carbocycles. The maximum atomic E-state index is 13.0. The van der Waals surface area contributed by atoms with Crippen LogP contribution in [0, 0.1) is 0 Å². The van der Waals surface area contributed by atoms with E-state index in [9.17, 15) is 27.6 Å². The Morgan fingerprint density at radius 1 is 0.912 bits per heavy atom. The smallest absolute Gasteiger partial charge is 0.325 e. The molecule has 0 aliphatic carbocycles. The minimum Gasteiger partial charge on any atom is -0.325 e. The molecule has 2 aromatic rings. The molecule has 0 radical (unpaired) electrons. The second-order valence-electron chi connectivity index (χ2n) is 7.94. The summed E-state index contributed by atoms with van der Waals surface area (Å²) in [4.78, 5) is 40.2.